The van der Waals surface area contributed by atoms with Crippen LogP contribution in [0.15, 0.2) is 28.9 Å². The number of carbonyl (C=O) groups excluding carboxylic acids is 1. The fourth-order valence-corrected chi connectivity index (χ4v) is 1.99. The number of aromatic nitrogens is 1. The molecule has 2 aromatic heterocycles. The Morgan fingerprint density at radius 1 is 1.50 bits per heavy atom. The predicted octanol–water partition coefficient (Wildman–Crippen LogP) is 1.31. The Balaban J connectivity index is 2.50. The molecule has 2 heterocycles. The number of aryl methyl sites for hydroxylation is 1. The predicted molar refractivity (Wildman–Crippen MR) is 71.5 cm³/mol. The standard InChI is InChI=1S/C14H15N3O3/c1-10-12(13(19)16(2)7-8-18)11(9-15)14(20-10)17-5-3-4-6-17/h3-6,18H,7-8H2,1-2H3. The summed E-state index contributed by atoms with van der Waals surface area (Å²) in [6.45, 7) is 1.71. The van der Waals surface area contributed by atoms with Gasteiger partial charge in [0.05, 0.1) is 6.61 Å². The van der Waals surface area contributed by atoms with Crippen LogP contribution in [0.3, 0.4) is 0 Å². The summed E-state index contributed by atoms with van der Waals surface area (Å²) in [5.74, 6) is 0.381. The van der Waals surface area contributed by atoms with Crippen molar-refractivity contribution in [3.63, 3.8) is 0 Å². The van der Waals surface area contributed by atoms with E-state index < -0.39 is 0 Å². The van der Waals surface area contributed by atoms with Crippen LogP contribution in [0.1, 0.15) is 21.7 Å². The van der Waals surface area contributed by atoms with Crippen LogP contribution in [-0.2, 0) is 0 Å². The highest BCUT2D eigenvalue weighted by Gasteiger charge is 2.26. The summed E-state index contributed by atoms with van der Waals surface area (Å²) in [5.41, 5.74) is 0.445. The lowest BCUT2D eigenvalue weighted by molar-refractivity contribution is 0.0765. The second-order valence-electron chi connectivity index (χ2n) is 4.37. The van der Waals surface area contributed by atoms with Crippen LogP contribution in [-0.4, -0.2) is 40.7 Å². The van der Waals surface area contributed by atoms with Crippen molar-refractivity contribution in [2.75, 3.05) is 20.2 Å². The van der Waals surface area contributed by atoms with Gasteiger partial charge in [-0.05, 0) is 19.1 Å². The first-order valence-corrected chi connectivity index (χ1v) is 6.13. The Bertz CT molecular complexity index is 650. The second-order valence-corrected chi connectivity index (χ2v) is 4.37. The van der Waals surface area contributed by atoms with Gasteiger partial charge >= 0.3 is 0 Å². The molecule has 0 bridgehead atoms. The maximum Gasteiger partial charge on any atom is 0.258 e. The van der Waals surface area contributed by atoms with Crippen molar-refractivity contribution in [2.45, 2.75) is 6.92 Å². The molecule has 1 N–H and O–H groups in total. The number of nitriles is 1. The maximum atomic E-state index is 12.3. The molecule has 0 fully saturated rings. The fourth-order valence-electron chi connectivity index (χ4n) is 1.99. The molecule has 6 nitrogen and oxygen atoms in total. The quantitative estimate of drug-likeness (QED) is 0.910. The Kier molecular flexibility index (Phi) is 3.91. The Morgan fingerprint density at radius 2 is 2.15 bits per heavy atom. The summed E-state index contributed by atoms with van der Waals surface area (Å²) in [6.07, 6.45) is 3.48. The third-order valence-corrected chi connectivity index (χ3v) is 3.01. The number of hydrogen-bond donors (Lipinski definition) is 1. The minimum Gasteiger partial charge on any atom is -0.443 e. The Morgan fingerprint density at radius 3 is 2.70 bits per heavy atom. The first kappa shape index (κ1) is 13.9. The zero-order valence-corrected chi connectivity index (χ0v) is 11.3. The van der Waals surface area contributed by atoms with E-state index in [-0.39, 0.29) is 30.2 Å². The van der Waals surface area contributed by atoms with Gasteiger partial charge in [-0.2, -0.15) is 5.26 Å². The number of hydrogen-bond acceptors (Lipinski definition) is 4. The largest absolute Gasteiger partial charge is 0.443 e. The van der Waals surface area contributed by atoms with Crippen molar-refractivity contribution < 1.29 is 14.3 Å². The lowest BCUT2D eigenvalue weighted by Crippen LogP contribution is -2.30. The molecule has 0 aliphatic heterocycles. The lowest BCUT2D eigenvalue weighted by Gasteiger charge is -2.15. The Labute approximate surface area is 116 Å². The fraction of sp³-hybridized carbons (Fsp3) is 0.286. The molecule has 0 unspecified atom stereocenters. The third-order valence-electron chi connectivity index (χ3n) is 3.01. The van der Waals surface area contributed by atoms with E-state index >= 15 is 0 Å². The van der Waals surface area contributed by atoms with Crippen LogP contribution < -0.4 is 0 Å². The number of nitrogens with zero attached hydrogens (tertiary/aromatic N) is 3. The highest BCUT2D eigenvalue weighted by Crippen LogP contribution is 2.26. The highest BCUT2D eigenvalue weighted by molar-refractivity contribution is 5.98. The van der Waals surface area contributed by atoms with E-state index in [1.165, 1.54) is 4.90 Å². The van der Waals surface area contributed by atoms with Gasteiger partial charge in [0, 0.05) is 26.0 Å². The zero-order chi connectivity index (χ0) is 14.7. The van der Waals surface area contributed by atoms with Crippen LogP contribution in [0.5, 0.6) is 0 Å². The highest BCUT2D eigenvalue weighted by atomic mass is 16.4. The van der Waals surface area contributed by atoms with Crippen molar-refractivity contribution in [2.24, 2.45) is 0 Å². The summed E-state index contributed by atoms with van der Waals surface area (Å²) in [7, 11) is 1.57. The topological polar surface area (TPSA) is 82.4 Å². The molecular weight excluding hydrogens is 258 g/mol. The molecule has 2 aromatic rings. The second kappa shape index (κ2) is 5.63. The number of aliphatic hydroxyl groups excluding tert-OH is 1. The molecule has 104 valence electrons. The number of furan rings is 1. The molecule has 0 spiro atoms. The van der Waals surface area contributed by atoms with E-state index in [2.05, 4.69) is 0 Å². The minimum atomic E-state index is -0.338. The molecule has 0 aromatic carbocycles. The average molecular weight is 273 g/mol. The monoisotopic (exact) mass is 273 g/mol. The Hall–Kier alpha value is -2.52. The summed E-state index contributed by atoms with van der Waals surface area (Å²) < 4.78 is 7.21. The summed E-state index contributed by atoms with van der Waals surface area (Å²) in [4.78, 5) is 13.7. The van der Waals surface area contributed by atoms with Gasteiger partial charge in [-0.15, -0.1) is 0 Å². The molecule has 6 heteroatoms. The van der Waals surface area contributed by atoms with Crippen molar-refractivity contribution in [3.05, 3.63) is 41.4 Å². The third kappa shape index (κ3) is 2.31. The van der Waals surface area contributed by atoms with E-state index in [0.717, 1.165) is 0 Å². The van der Waals surface area contributed by atoms with Crippen molar-refractivity contribution in [1.82, 2.24) is 9.47 Å². The van der Waals surface area contributed by atoms with Gasteiger partial charge in [0.25, 0.3) is 5.91 Å². The number of rotatable bonds is 4. The minimum absolute atomic E-state index is 0.133. The summed E-state index contributed by atoms with van der Waals surface area (Å²) in [6, 6.07) is 5.63. The molecular formula is C14H15N3O3. The molecule has 2 rings (SSSR count). The van der Waals surface area contributed by atoms with Gasteiger partial charge in [-0.1, -0.05) is 0 Å². The van der Waals surface area contributed by atoms with E-state index in [1.807, 2.05) is 6.07 Å². The smallest absolute Gasteiger partial charge is 0.258 e. The van der Waals surface area contributed by atoms with Crippen LogP contribution in [0.25, 0.3) is 5.88 Å². The molecule has 0 aliphatic carbocycles. The van der Waals surface area contributed by atoms with Gasteiger partial charge in [0.2, 0.25) is 5.88 Å². The SMILES string of the molecule is Cc1oc(-n2cccc2)c(C#N)c1C(=O)N(C)CCO. The summed E-state index contributed by atoms with van der Waals surface area (Å²) >= 11 is 0. The first-order chi connectivity index (χ1) is 9.60. The molecule has 0 saturated heterocycles. The number of amides is 1. The maximum absolute atomic E-state index is 12.3. The zero-order valence-electron chi connectivity index (χ0n) is 11.3. The van der Waals surface area contributed by atoms with Crippen molar-refractivity contribution in [3.8, 4) is 12.0 Å². The van der Waals surface area contributed by atoms with Gasteiger partial charge < -0.3 is 14.4 Å². The van der Waals surface area contributed by atoms with Crippen LogP contribution >= 0.6 is 0 Å². The van der Waals surface area contributed by atoms with Crippen molar-refractivity contribution >= 4 is 5.91 Å². The van der Waals surface area contributed by atoms with E-state index in [1.54, 1.807) is 43.1 Å². The lowest BCUT2D eigenvalue weighted by atomic mass is 10.1. The van der Waals surface area contributed by atoms with Gasteiger partial charge in [-0.25, -0.2) is 0 Å². The van der Waals surface area contributed by atoms with E-state index in [9.17, 15) is 10.1 Å². The van der Waals surface area contributed by atoms with Gasteiger partial charge in [0.15, 0.2) is 0 Å². The molecule has 1 amide bonds. The summed E-state index contributed by atoms with van der Waals surface area (Å²) in [5, 5.41) is 18.2. The average Bonchev–Trinajstić information content (AvgIpc) is 3.04. The van der Waals surface area contributed by atoms with Gasteiger partial charge in [0.1, 0.15) is 23.0 Å². The van der Waals surface area contributed by atoms with Gasteiger partial charge in [-0.3, -0.25) is 9.36 Å². The van der Waals surface area contributed by atoms with Crippen LogP contribution in [0.2, 0.25) is 0 Å². The van der Waals surface area contributed by atoms with Crippen LogP contribution in [0, 0.1) is 18.3 Å². The van der Waals surface area contributed by atoms with E-state index in [4.69, 9.17) is 9.52 Å². The van der Waals surface area contributed by atoms with Crippen LogP contribution in [0.4, 0.5) is 0 Å². The molecule has 0 aliphatic rings. The molecule has 20 heavy (non-hydrogen) atoms. The van der Waals surface area contributed by atoms with Crippen molar-refractivity contribution in [1.29, 1.82) is 5.26 Å². The van der Waals surface area contributed by atoms with E-state index in [0.29, 0.717) is 11.6 Å². The molecule has 0 atom stereocenters. The number of carbonyl (C=O) groups is 1. The molecule has 0 saturated carbocycles. The normalized spacial score (nSPS) is 10.3. The number of aliphatic hydroxyl groups is 1. The number of likely N-dealkylation sites (N-methyl/N-ethyl adjacent to an activating group) is 1. The molecule has 0 radical (unpaired) electrons. The first-order valence-electron chi connectivity index (χ1n) is 6.13.